The van der Waals surface area contributed by atoms with E-state index >= 15 is 0 Å². The van der Waals surface area contributed by atoms with Gasteiger partial charge >= 0.3 is 0 Å². The number of ether oxygens (including phenoxy) is 2. The fourth-order valence-electron chi connectivity index (χ4n) is 4.46. The lowest BCUT2D eigenvalue weighted by Gasteiger charge is -2.25. The molecule has 0 fully saturated rings. The van der Waals surface area contributed by atoms with Gasteiger partial charge in [0.2, 0.25) is 5.76 Å². The standard InChI is InChI=1S/C28H25BrN2O5/c1-4-5-13-35-21-11-9-17(14-22(21)34-3)25-24-26(32)19-15-18(29)10-12-20(19)36-27(24)28(33)31(25)23-8-6-7-16(2)30-23/h6-12,14-15,25H,4-5,13H2,1-3H3. The molecule has 3 heterocycles. The molecule has 0 saturated heterocycles. The number of carbonyl (C=O) groups excluding carboxylic acids is 1. The SMILES string of the molecule is CCCCOc1ccc(C2c3c(oc4ccc(Br)cc4c3=O)C(=O)N2c2cccc(C)n2)cc1OC. The molecule has 8 heteroatoms. The van der Waals surface area contributed by atoms with E-state index in [0.29, 0.717) is 40.5 Å². The van der Waals surface area contributed by atoms with Crippen molar-refractivity contribution in [2.45, 2.75) is 32.7 Å². The van der Waals surface area contributed by atoms with Crippen LogP contribution in [0.2, 0.25) is 0 Å². The number of carbonyl (C=O) groups is 1. The number of fused-ring (bicyclic) bond motifs is 2. The highest BCUT2D eigenvalue weighted by Crippen LogP contribution is 2.43. The van der Waals surface area contributed by atoms with Crippen molar-refractivity contribution in [3.8, 4) is 11.5 Å². The Balaban J connectivity index is 1.72. The van der Waals surface area contributed by atoms with Gasteiger partial charge in [-0.15, -0.1) is 0 Å². The van der Waals surface area contributed by atoms with E-state index in [2.05, 4.69) is 27.8 Å². The number of hydrogen-bond acceptors (Lipinski definition) is 6. The topological polar surface area (TPSA) is 81.9 Å². The molecule has 1 amide bonds. The zero-order valence-corrected chi connectivity index (χ0v) is 21.8. The lowest BCUT2D eigenvalue weighted by Crippen LogP contribution is -2.30. The molecular weight excluding hydrogens is 524 g/mol. The lowest BCUT2D eigenvalue weighted by molar-refractivity contribution is 0.0970. The summed E-state index contributed by atoms with van der Waals surface area (Å²) in [6.07, 6.45) is 1.94. The van der Waals surface area contributed by atoms with E-state index in [1.54, 1.807) is 31.4 Å². The summed E-state index contributed by atoms with van der Waals surface area (Å²) in [5.74, 6) is 1.16. The van der Waals surface area contributed by atoms with Gasteiger partial charge in [0.15, 0.2) is 16.9 Å². The van der Waals surface area contributed by atoms with Crippen molar-refractivity contribution in [2.24, 2.45) is 0 Å². The van der Waals surface area contributed by atoms with Crippen LogP contribution in [-0.2, 0) is 0 Å². The summed E-state index contributed by atoms with van der Waals surface area (Å²) in [6.45, 7) is 4.52. The first-order chi connectivity index (χ1) is 17.4. The first-order valence-electron chi connectivity index (χ1n) is 11.8. The number of nitrogens with zero attached hydrogens (tertiary/aromatic N) is 2. The number of aromatic nitrogens is 1. The van der Waals surface area contributed by atoms with Crippen LogP contribution in [-0.4, -0.2) is 24.6 Å². The second-order valence-corrected chi connectivity index (χ2v) is 9.56. The molecule has 0 spiro atoms. The van der Waals surface area contributed by atoms with Gasteiger partial charge in [0, 0.05) is 10.2 Å². The maximum Gasteiger partial charge on any atom is 0.296 e. The molecule has 0 aliphatic carbocycles. The van der Waals surface area contributed by atoms with Crippen LogP contribution in [0.15, 0.2) is 68.3 Å². The molecule has 1 aliphatic heterocycles. The number of hydrogen-bond donors (Lipinski definition) is 0. The van der Waals surface area contributed by atoms with Gasteiger partial charge in [-0.1, -0.05) is 41.4 Å². The molecule has 36 heavy (non-hydrogen) atoms. The zero-order chi connectivity index (χ0) is 25.4. The number of pyridine rings is 1. The van der Waals surface area contributed by atoms with Gasteiger partial charge in [-0.2, -0.15) is 0 Å². The average molecular weight is 549 g/mol. The quantitative estimate of drug-likeness (QED) is 0.256. The first kappa shape index (κ1) is 24.1. The molecular formula is C28H25BrN2O5. The van der Waals surface area contributed by atoms with Crippen molar-refractivity contribution in [3.05, 3.63) is 91.9 Å². The summed E-state index contributed by atoms with van der Waals surface area (Å²) in [5, 5.41) is 0.395. The minimum Gasteiger partial charge on any atom is -0.493 e. The van der Waals surface area contributed by atoms with E-state index in [4.69, 9.17) is 13.9 Å². The maximum absolute atomic E-state index is 13.8. The van der Waals surface area contributed by atoms with Gasteiger partial charge in [0.1, 0.15) is 11.4 Å². The summed E-state index contributed by atoms with van der Waals surface area (Å²) in [7, 11) is 1.57. The Morgan fingerprint density at radius 1 is 1.08 bits per heavy atom. The van der Waals surface area contributed by atoms with Crippen LogP contribution in [0.4, 0.5) is 5.82 Å². The highest BCUT2D eigenvalue weighted by Gasteiger charge is 2.44. The van der Waals surface area contributed by atoms with E-state index in [1.807, 2.05) is 37.3 Å². The van der Waals surface area contributed by atoms with Crippen LogP contribution in [0.1, 0.15) is 53.2 Å². The Labute approximate surface area is 216 Å². The smallest absolute Gasteiger partial charge is 0.296 e. The third kappa shape index (κ3) is 4.15. The minimum absolute atomic E-state index is 0.0189. The summed E-state index contributed by atoms with van der Waals surface area (Å²) in [5.41, 5.74) is 1.80. The molecule has 0 saturated carbocycles. The fraction of sp³-hybridized carbons (Fsp3) is 0.250. The van der Waals surface area contributed by atoms with Crippen LogP contribution in [0.3, 0.4) is 0 Å². The number of methoxy groups -OCH3 is 1. The molecule has 2 aromatic carbocycles. The average Bonchev–Trinajstić information content (AvgIpc) is 3.17. The minimum atomic E-state index is -0.750. The van der Waals surface area contributed by atoms with E-state index in [0.717, 1.165) is 23.0 Å². The van der Waals surface area contributed by atoms with Gasteiger partial charge in [0.25, 0.3) is 5.91 Å². The third-order valence-electron chi connectivity index (χ3n) is 6.21. The monoisotopic (exact) mass is 548 g/mol. The van der Waals surface area contributed by atoms with Crippen molar-refractivity contribution in [1.29, 1.82) is 0 Å². The summed E-state index contributed by atoms with van der Waals surface area (Å²) in [4.78, 5) is 33.6. The zero-order valence-electron chi connectivity index (χ0n) is 20.2. The number of aryl methyl sites for hydroxylation is 1. The second kappa shape index (κ2) is 9.78. The summed E-state index contributed by atoms with van der Waals surface area (Å²) in [6, 6.07) is 15.3. The van der Waals surface area contributed by atoms with E-state index < -0.39 is 11.9 Å². The van der Waals surface area contributed by atoms with Gasteiger partial charge in [-0.25, -0.2) is 4.98 Å². The number of amides is 1. The third-order valence-corrected chi connectivity index (χ3v) is 6.70. The summed E-state index contributed by atoms with van der Waals surface area (Å²) < 4.78 is 18.3. The first-order valence-corrected chi connectivity index (χ1v) is 12.6. The van der Waals surface area contributed by atoms with Crippen LogP contribution in [0.5, 0.6) is 11.5 Å². The highest BCUT2D eigenvalue weighted by molar-refractivity contribution is 9.10. The Morgan fingerprint density at radius 2 is 1.92 bits per heavy atom. The maximum atomic E-state index is 13.8. The van der Waals surface area contributed by atoms with E-state index in [1.165, 1.54) is 4.90 Å². The predicted molar refractivity (Wildman–Crippen MR) is 141 cm³/mol. The van der Waals surface area contributed by atoms with Crippen LogP contribution in [0, 0.1) is 6.92 Å². The molecule has 1 unspecified atom stereocenters. The molecule has 4 aromatic rings. The van der Waals surface area contributed by atoms with Crippen molar-refractivity contribution in [2.75, 3.05) is 18.6 Å². The van der Waals surface area contributed by atoms with Crippen molar-refractivity contribution >= 4 is 38.6 Å². The highest BCUT2D eigenvalue weighted by atomic mass is 79.9. The van der Waals surface area contributed by atoms with Crippen LogP contribution in [0.25, 0.3) is 11.0 Å². The van der Waals surface area contributed by atoms with Gasteiger partial charge < -0.3 is 13.9 Å². The second-order valence-electron chi connectivity index (χ2n) is 8.64. The number of unbranched alkanes of at least 4 members (excludes halogenated alkanes) is 1. The van der Waals surface area contributed by atoms with Gasteiger partial charge in [-0.3, -0.25) is 14.5 Å². The fourth-order valence-corrected chi connectivity index (χ4v) is 4.82. The molecule has 2 aromatic heterocycles. The molecule has 1 aliphatic rings. The van der Waals surface area contributed by atoms with Crippen molar-refractivity contribution in [1.82, 2.24) is 4.98 Å². The Kier molecular flexibility index (Phi) is 6.53. The molecule has 5 rings (SSSR count). The van der Waals surface area contributed by atoms with Crippen LogP contribution < -0.4 is 19.8 Å². The molecule has 1 atom stereocenters. The normalized spacial score (nSPS) is 14.8. The molecule has 184 valence electrons. The number of anilines is 1. The van der Waals surface area contributed by atoms with Crippen molar-refractivity contribution < 1.29 is 18.7 Å². The van der Waals surface area contributed by atoms with Gasteiger partial charge in [-0.05, 0) is 61.4 Å². The van der Waals surface area contributed by atoms with Crippen molar-refractivity contribution in [3.63, 3.8) is 0 Å². The van der Waals surface area contributed by atoms with E-state index in [-0.39, 0.29) is 16.8 Å². The summed E-state index contributed by atoms with van der Waals surface area (Å²) >= 11 is 3.43. The van der Waals surface area contributed by atoms with Gasteiger partial charge in [0.05, 0.1) is 30.7 Å². The molecule has 0 radical (unpaired) electrons. The molecule has 0 N–H and O–H groups in total. The number of rotatable bonds is 7. The number of halogens is 1. The Hall–Kier alpha value is -3.65. The predicted octanol–water partition coefficient (Wildman–Crippen LogP) is 6.20. The Morgan fingerprint density at radius 3 is 2.67 bits per heavy atom. The number of benzene rings is 2. The van der Waals surface area contributed by atoms with E-state index in [9.17, 15) is 9.59 Å². The molecule has 7 nitrogen and oxygen atoms in total. The van der Waals surface area contributed by atoms with Crippen LogP contribution >= 0.6 is 15.9 Å². The molecule has 0 bridgehead atoms. The Bertz CT molecular complexity index is 1530. The lowest BCUT2D eigenvalue weighted by atomic mass is 9.98. The largest absolute Gasteiger partial charge is 0.493 e.